The van der Waals surface area contributed by atoms with Crippen LogP contribution in [0.3, 0.4) is 0 Å². The van der Waals surface area contributed by atoms with Gasteiger partial charge in [-0.3, -0.25) is 25.8 Å². The van der Waals surface area contributed by atoms with Gasteiger partial charge in [0.1, 0.15) is 5.75 Å². The van der Waals surface area contributed by atoms with E-state index in [1.165, 1.54) is 18.2 Å². The molecule has 0 aliphatic heterocycles. The molecule has 0 radical (unpaired) electrons. The predicted octanol–water partition coefficient (Wildman–Crippen LogP) is 2.69. The van der Waals surface area contributed by atoms with Crippen LogP contribution in [-0.4, -0.2) is 29.6 Å². The fourth-order valence-corrected chi connectivity index (χ4v) is 2.29. The van der Waals surface area contributed by atoms with Gasteiger partial charge in [-0.2, -0.15) is 0 Å². The Morgan fingerprint density at radius 3 is 2.74 bits per heavy atom. The Labute approximate surface area is 165 Å². The number of nitrogens with one attached hydrogen (secondary N) is 4. The Morgan fingerprint density at radius 1 is 1.26 bits per heavy atom. The van der Waals surface area contributed by atoms with Crippen molar-refractivity contribution < 1.29 is 14.5 Å². The van der Waals surface area contributed by atoms with Crippen molar-refractivity contribution in [3.05, 3.63) is 57.6 Å². The fourth-order valence-electron chi connectivity index (χ4n) is 1.96. The lowest BCUT2D eigenvalue weighted by Crippen LogP contribution is -2.45. The molecule has 0 aromatic heterocycles. The topological polar surface area (TPSA) is 118 Å². The zero-order valence-corrected chi connectivity index (χ0v) is 15.7. The molecule has 0 aliphatic rings. The SMILES string of the molecule is COc1cccc(NCC(=O)NNC(=S)Nc2cc([N+](=O)[O-])ccc2Cl)c1. The molecule has 1 amide bonds. The van der Waals surface area contributed by atoms with Crippen molar-refractivity contribution in [2.45, 2.75) is 0 Å². The molecule has 0 spiro atoms. The van der Waals surface area contributed by atoms with Gasteiger partial charge >= 0.3 is 0 Å². The van der Waals surface area contributed by atoms with Crippen LogP contribution in [0, 0.1) is 10.1 Å². The van der Waals surface area contributed by atoms with Gasteiger partial charge in [-0.1, -0.05) is 17.7 Å². The average Bonchev–Trinajstić information content (AvgIpc) is 2.66. The number of ether oxygens (including phenoxy) is 1. The van der Waals surface area contributed by atoms with E-state index < -0.39 is 4.92 Å². The van der Waals surface area contributed by atoms with Gasteiger partial charge < -0.3 is 15.4 Å². The van der Waals surface area contributed by atoms with E-state index in [4.69, 9.17) is 28.6 Å². The van der Waals surface area contributed by atoms with Crippen LogP contribution in [-0.2, 0) is 4.79 Å². The molecular weight excluding hydrogens is 394 g/mol. The van der Waals surface area contributed by atoms with E-state index in [1.54, 1.807) is 31.4 Å². The minimum absolute atomic E-state index is 0.0135. The summed E-state index contributed by atoms with van der Waals surface area (Å²) in [4.78, 5) is 22.1. The predicted molar refractivity (Wildman–Crippen MR) is 107 cm³/mol. The molecule has 9 nitrogen and oxygen atoms in total. The summed E-state index contributed by atoms with van der Waals surface area (Å²) in [6.45, 7) is -0.0135. The molecule has 142 valence electrons. The second-order valence-corrected chi connectivity index (χ2v) is 5.95. The largest absolute Gasteiger partial charge is 0.497 e. The van der Waals surface area contributed by atoms with Gasteiger partial charge in [0, 0.05) is 23.9 Å². The molecule has 2 rings (SSSR count). The van der Waals surface area contributed by atoms with Crippen LogP contribution in [0.15, 0.2) is 42.5 Å². The van der Waals surface area contributed by atoms with Gasteiger partial charge in [0.05, 0.1) is 29.3 Å². The Kier molecular flexibility index (Phi) is 7.15. The molecule has 0 bridgehead atoms. The van der Waals surface area contributed by atoms with Gasteiger partial charge in [0.2, 0.25) is 0 Å². The van der Waals surface area contributed by atoms with Crippen LogP contribution in [0.4, 0.5) is 17.1 Å². The Bertz CT molecular complexity index is 864. The van der Waals surface area contributed by atoms with Gasteiger partial charge in [-0.25, -0.2) is 0 Å². The zero-order valence-electron chi connectivity index (χ0n) is 14.1. The third-order valence-corrected chi connectivity index (χ3v) is 3.78. The van der Waals surface area contributed by atoms with Crippen molar-refractivity contribution in [1.82, 2.24) is 10.9 Å². The third kappa shape index (κ3) is 6.28. The number of halogens is 1. The number of hydrazine groups is 1. The molecule has 0 atom stereocenters. The summed E-state index contributed by atoms with van der Waals surface area (Å²) in [5, 5.41) is 16.7. The maximum absolute atomic E-state index is 11.9. The number of nitro groups is 1. The van der Waals surface area contributed by atoms with Crippen LogP contribution in [0.5, 0.6) is 5.75 Å². The van der Waals surface area contributed by atoms with Gasteiger partial charge in [0.15, 0.2) is 5.11 Å². The monoisotopic (exact) mass is 409 g/mol. The van der Waals surface area contributed by atoms with Crippen LogP contribution >= 0.6 is 23.8 Å². The maximum atomic E-state index is 11.9. The number of hydrogen-bond donors (Lipinski definition) is 4. The minimum Gasteiger partial charge on any atom is -0.497 e. The number of thiocarbonyl (C=S) groups is 1. The summed E-state index contributed by atoms with van der Waals surface area (Å²) in [6, 6.07) is 11.0. The fraction of sp³-hybridized carbons (Fsp3) is 0.125. The van der Waals surface area contributed by atoms with Crippen LogP contribution < -0.4 is 26.2 Å². The van der Waals surface area contributed by atoms with Crippen molar-refractivity contribution in [3.63, 3.8) is 0 Å². The number of nitrogens with zero attached hydrogens (tertiary/aromatic N) is 1. The number of anilines is 2. The molecular formula is C16H16ClN5O4S. The Morgan fingerprint density at radius 2 is 2.04 bits per heavy atom. The maximum Gasteiger partial charge on any atom is 0.271 e. The van der Waals surface area contributed by atoms with E-state index in [0.29, 0.717) is 11.4 Å². The van der Waals surface area contributed by atoms with Crippen LogP contribution in [0.1, 0.15) is 0 Å². The first-order valence-electron chi connectivity index (χ1n) is 7.56. The van der Waals surface area contributed by atoms with Crippen molar-refractivity contribution in [2.75, 3.05) is 24.3 Å². The Balaban J connectivity index is 1.82. The van der Waals surface area contributed by atoms with Gasteiger partial charge in [-0.15, -0.1) is 0 Å². The van der Waals surface area contributed by atoms with E-state index in [9.17, 15) is 14.9 Å². The number of amides is 1. The number of rotatable bonds is 6. The van der Waals surface area contributed by atoms with E-state index in [1.807, 2.05) is 0 Å². The first-order chi connectivity index (χ1) is 12.9. The second-order valence-electron chi connectivity index (χ2n) is 5.13. The summed E-state index contributed by atoms with van der Waals surface area (Å²) in [7, 11) is 1.55. The number of benzene rings is 2. The lowest BCUT2D eigenvalue weighted by Gasteiger charge is -2.13. The highest BCUT2D eigenvalue weighted by atomic mass is 35.5. The average molecular weight is 410 g/mol. The molecule has 0 unspecified atom stereocenters. The quantitative estimate of drug-likeness (QED) is 0.327. The summed E-state index contributed by atoms with van der Waals surface area (Å²) >= 11 is 11.0. The van der Waals surface area contributed by atoms with E-state index in [0.717, 1.165) is 0 Å². The van der Waals surface area contributed by atoms with Gasteiger partial charge in [-0.05, 0) is 30.4 Å². The summed E-state index contributed by atoms with van der Waals surface area (Å²) in [6.07, 6.45) is 0. The van der Waals surface area contributed by atoms with Crippen molar-refractivity contribution in [2.24, 2.45) is 0 Å². The van der Waals surface area contributed by atoms with Crippen LogP contribution in [0.25, 0.3) is 0 Å². The molecule has 0 saturated heterocycles. The zero-order chi connectivity index (χ0) is 19.8. The summed E-state index contributed by atoms with van der Waals surface area (Å²) in [5.41, 5.74) is 5.70. The molecule has 0 aliphatic carbocycles. The molecule has 2 aromatic rings. The van der Waals surface area contributed by atoms with Crippen molar-refractivity contribution >= 4 is 51.9 Å². The summed E-state index contributed by atoms with van der Waals surface area (Å²) < 4.78 is 5.10. The number of hydrogen-bond acceptors (Lipinski definition) is 6. The number of non-ortho nitro benzene ring substituents is 1. The lowest BCUT2D eigenvalue weighted by atomic mass is 10.3. The first kappa shape index (κ1) is 20.2. The number of carbonyl (C=O) groups excluding carboxylic acids is 1. The Hall–Kier alpha value is -3.11. The molecule has 27 heavy (non-hydrogen) atoms. The van der Waals surface area contributed by atoms with Gasteiger partial charge in [0.25, 0.3) is 11.6 Å². The molecule has 11 heteroatoms. The number of carbonyl (C=O) groups is 1. The molecule has 4 N–H and O–H groups in total. The molecule has 0 fully saturated rings. The lowest BCUT2D eigenvalue weighted by molar-refractivity contribution is -0.384. The number of methoxy groups -OCH3 is 1. The third-order valence-electron chi connectivity index (χ3n) is 3.25. The smallest absolute Gasteiger partial charge is 0.271 e. The summed E-state index contributed by atoms with van der Waals surface area (Å²) in [5.74, 6) is 0.282. The van der Waals surface area contributed by atoms with E-state index in [2.05, 4.69) is 21.5 Å². The van der Waals surface area contributed by atoms with Crippen molar-refractivity contribution in [3.8, 4) is 5.75 Å². The van der Waals surface area contributed by atoms with Crippen LogP contribution in [0.2, 0.25) is 5.02 Å². The molecule has 0 saturated carbocycles. The molecule has 2 aromatic carbocycles. The normalized spacial score (nSPS) is 9.85. The first-order valence-corrected chi connectivity index (χ1v) is 8.35. The van der Waals surface area contributed by atoms with E-state index in [-0.39, 0.29) is 34.0 Å². The number of nitro benzene ring substituents is 1. The molecule has 0 heterocycles. The van der Waals surface area contributed by atoms with Crippen molar-refractivity contribution in [1.29, 1.82) is 0 Å². The highest BCUT2D eigenvalue weighted by Gasteiger charge is 2.11. The highest BCUT2D eigenvalue weighted by molar-refractivity contribution is 7.80. The minimum atomic E-state index is -0.552. The van der Waals surface area contributed by atoms with E-state index >= 15 is 0 Å². The standard InChI is InChI=1S/C16H16ClN5O4S/c1-26-12-4-2-3-10(7-12)18-9-15(23)20-21-16(27)19-14-8-11(22(24)25)5-6-13(14)17/h2-8,18H,9H2,1H3,(H,20,23)(H2,19,21,27). The second kappa shape index (κ2) is 9.55. The highest BCUT2D eigenvalue weighted by Crippen LogP contribution is 2.26.